The quantitative estimate of drug-likeness (QED) is 0.0686. The van der Waals surface area contributed by atoms with Gasteiger partial charge in [0, 0.05) is 24.9 Å². The van der Waals surface area contributed by atoms with E-state index >= 15 is 0 Å². The number of halogens is 3. The molecule has 0 heterocycles. The lowest BCUT2D eigenvalue weighted by Crippen LogP contribution is -2.13. The first-order chi connectivity index (χ1) is 67.3. The van der Waals surface area contributed by atoms with Crippen LogP contribution in [0.25, 0.3) is 0 Å². The summed E-state index contributed by atoms with van der Waals surface area (Å²) in [4.78, 5) is 26.6. The summed E-state index contributed by atoms with van der Waals surface area (Å²) in [5.41, 5.74) is 8.55. The highest BCUT2D eigenvalue weighted by atomic mass is 35.5. The molecule has 10 heteroatoms. The van der Waals surface area contributed by atoms with Crippen LogP contribution in [0.1, 0.15) is 95.7 Å². The third-order valence-electron chi connectivity index (χ3n) is 22.7. The lowest BCUT2D eigenvalue weighted by molar-refractivity contribution is 0.589. The van der Waals surface area contributed by atoms with Gasteiger partial charge in [0.1, 0.15) is 0 Å². The van der Waals surface area contributed by atoms with Gasteiger partial charge in [-0.25, -0.2) is 0 Å². The van der Waals surface area contributed by atoms with Crippen LogP contribution in [0.2, 0.25) is 15.1 Å². The largest absolute Gasteiger partial charge is 0.166 e. The van der Waals surface area contributed by atoms with Crippen molar-refractivity contribution in [1.82, 2.24) is 0 Å². The Kier molecular flexibility index (Phi) is 38.0. The third kappa shape index (κ3) is 30.3. The fourth-order valence-corrected chi connectivity index (χ4v) is 28.8. The summed E-state index contributed by atoms with van der Waals surface area (Å²) in [6, 6.07) is 184. The summed E-state index contributed by atoms with van der Waals surface area (Å²) in [7, 11) is -0.483. The first-order valence-corrected chi connectivity index (χ1v) is 56.1. The Bertz CT molecular complexity index is 6360. The van der Waals surface area contributed by atoms with Gasteiger partial charge >= 0.3 is 0 Å². The second-order valence-electron chi connectivity index (χ2n) is 36.4. The van der Waals surface area contributed by atoms with Gasteiger partial charge in [-0.15, -0.1) is 0 Å². The van der Waals surface area contributed by atoms with Gasteiger partial charge in [-0.2, -0.15) is 0 Å². The zero-order chi connectivity index (χ0) is 97.5. The first kappa shape index (κ1) is 103. The molecule has 0 aliphatic heterocycles. The lowest BCUT2D eigenvalue weighted by Gasteiger charge is -2.21. The normalized spacial score (nSPS) is 11.3. The van der Waals surface area contributed by atoms with E-state index in [-0.39, 0.29) is 81.6 Å². The highest BCUT2D eigenvalue weighted by Crippen LogP contribution is 2.41. The van der Waals surface area contributed by atoms with Crippen molar-refractivity contribution < 1.29 is 0 Å². The smallest absolute Gasteiger partial charge is 0.0901 e. The summed E-state index contributed by atoms with van der Waals surface area (Å²) in [5.74, 6) is 0. The Labute approximate surface area is 865 Å². The molecule has 0 nitrogen and oxygen atoms in total. The van der Waals surface area contributed by atoms with Gasteiger partial charge in [0.25, 0.3) is 0 Å². The summed E-state index contributed by atoms with van der Waals surface area (Å²) in [6.07, 6.45) is 0. The van der Waals surface area contributed by atoms with Gasteiger partial charge < -0.3 is 0 Å². The number of hydrogen-bond acceptors (Lipinski definition) is 1. The van der Waals surface area contributed by atoms with Gasteiger partial charge in [0.15, 0.2) is 88.1 Å². The maximum absolute atomic E-state index is 6.02. The summed E-state index contributed by atoms with van der Waals surface area (Å²) in [5, 5.41) is 2.21. The number of aryl methyl sites for hydroxylation is 3. The van der Waals surface area contributed by atoms with Crippen LogP contribution in [-0.4, -0.2) is 0 Å². The molecule has 0 aliphatic rings. The molecule has 0 amide bonds. The van der Waals surface area contributed by atoms with Crippen LogP contribution in [-0.2, 0) is 81.6 Å². The van der Waals surface area contributed by atoms with Gasteiger partial charge in [-0.05, 0) is 333 Å². The molecular formula is C129H121Cl3S7+6. The van der Waals surface area contributed by atoms with Crippen LogP contribution in [0.3, 0.4) is 0 Å². The second-order valence-corrected chi connectivity index (χ2v) is 51.0. The second kappa shape index (κ2) is 51.1. The van der Waals surface area contributed by atoms with E-state index in [9.17, 15) is 0 Å². The molecule has 0 saturated heterocycles. The molecule has 0 unspecified atom stereocenters. The van der Waals surface area contributed by atoms with E-state index in [0.717, 1.165) is 15.1 Å². The van der Waals surface area contributed by atoms with E-state index in [1.807, 2.05) is 36.4 Å². The minimum Gasteiger partial charge on any atom is -0.0901 e. The van der Waals surface area contributed by atoms with Gasteiger partial charge in [-0.1, -0.05) is 362 Å². The van der Waals surface area contributed by atoms with E-state index in [4.69, 9.17) is 34.8 Å². The van der Waals surface area contributed by atoms with Gasteiger partial charge in [0.05, 0.1) is 65.4 Å². The van der Waals surface area contributed by atoms with E-state index in [1.165, 1.54) is 131 Å². The zero-order valence-corrected chi connectivity index (χ0v) is 89.0. The molecule has 0 N–H and O–H groups in total. The molecular weight excluding hydrogens is 1880 g/mol. The van der Waals surface area contributed by atoms with Crippen molar-refractivity contribution in [3.63, 3.8) is 0 Å². The maximum Gasteiger partial charge on any atom is 0.166 e. The standard InChI is InChI=1S/C30H39S.C24H19S2.C20H19S.C19H17S.C18H12Cl3S.C18H15S/c1-28(2,3)22-10-16-25(17-11-22)31(26-18-12-23(13-19-26)29(4,5)6)27-20-14-24(15-21-27)30(7,8)9;1-4-10-20(11-5-1)25-21-16-18-24(19-17-21)26(22-12-6-2-7-13-22)23-14-8-3-9-15-23;1-16-8-12-19(13-9-16)21(18-6-4-3-5-7-18)20-14-10-17(2)11-15-20;1-16-12-14-19(15-13-16)20(17-8-4-2-5-9-17)18-10-6-3-7-11-18;19-13-1-7-16(8-2-13)22(17-9-3-14(20)4-10-17)18-11-5-15(21)6-12-18;1-4-10-16(11-5-1)19(17-12-6-2-7-13-17)18-14-8-3-9-15-18/h10-21H,1-9H3;1-19H;3-15H,1-2H3;2-15H,1H3;1-12H;1-15H/q6*+1. The monoisotopic (exact) mass is 2000 g/mol. The van der Waals surface area contributed by atoms with E-state index in [1.54, 1.807) is 11.8 Å². The van der Waals surface area contributed by atoms with Crippen molar-refractivity contribution in [1.29, 1.82) is 0 Å². The average molecular weight is 2000 g/mol. The highest BCUT2D eigenvalue weighted by Gasteiger charge is 2.36. The summed E-state index contributed by atoms with van der Waals surface area (Å²) < 4.78 is 0. The molecule has 19 aromatic carbocycles. The minimum atomic E-state index is -0.215. The van der Waals surface area contributed by atoms with Crippen molar-refractivity contribution in [2.75, 3.05) is 0 Å². The Balaban J connectivity index is 0.000000134. The van der Waals surface area contributed by atoms with Crippen LogP contribution >= 0.6 is 46.6 Å². The van der Waals surface area contributed by atoms with Crippen molar-refractivity contribution in [2.45, 2.75) is 197 Å². The SMILES string of the molecule is CC(C)(C)c1ccc([S+](c2ccc(C(C)(C)C)cc2)c2ccc(C(C)(C)C)cc2)cc1.Cc1ccc([S+](c2ccccc2)c2ccc(C)cc2)cc1.Cc1ccc([S+](c2ccccc2)c2ccccc2)cc1.Clc1ccc([S+](c2ccc(Cl)cc2)c2ccc(Cl)cc2)cc1.c1ccc(Sc2ccc([S+](c3ccccc3)c3ccccc3)cc2)cc1.c1ccc([S+](c2ccccc2)c2ccccc2)cc1. The Hall–Kier alpha value is -11.5. The maximum atomic E-state index is 6.02. The van der Waals surface area contributed by atoms with Crippen molar-refractivity contribution in [3.8, 4) is 0 Å². The predicted octanol–water partition coefficient (Wildman–Crippen LogP) is 37.6. The van der Waals surface area contributed by atoms with Crippen molar-refractivity contribution in [3.05, 3.63) is 564 Å². The first-order valence-electron chi connectivity index (χ1n) is 46.8. The molecule has 19 rings (SSSR count). The fourth-order valence-electron chi connectivity index (χ4n) is 15.2. The average Bonchev–Trinajstić information content (AvgIpc) is 0.784. The van der Waals surface area contributed by atoms with Crippen molar-refractivity contribution >= 4 is 112 Å². The molecule has 0 saturated carbocycles. The van der Waals surface area contributed by atoms with Crippen molar-refractivity contribution in [2.24, 2.45) is 0 Å². The van der Waals surface area contributed by atoms with Gasteiger partial charge in [-0.3, -0.25) is 0 Å². The molecule has 0 bridgehead atoms. The molecule has 0 atom stereocenters. The fraction of sp³-hybridized carbons (Fsp3) is 0.116. The Morgan fingerprint density at radius 3 is 0.424 bits per heavy atom. The molecule has 139 heavy (non-hydrogen) atoms. The molecule has 19 aromatic rings. The van der Waals surface area contributed by atoms with E-state index in [2.05, 4.69) is 562 Å². The topological polar surface area (TPSA) is 0 Å². The Morgan fingerprint density at radius 2 is 0.266 bits per heavy atom. The van der Waals surface area contributed by atoms with Crippen LogP contribution in [0.15, 0.2) is 614 Å². The van der Waals surface area contributed by atoms with Crippen LogP contribution in [0.4, 0.5) is 0 Å². The molecule has 0 aromatic heterocycles. The zero-order valence-electron chi connectivity index (χ0n) is 81.1. The number of rotatable bonds is 20. The lowest BCUT2D eigenvalue weighted by atomic mass is 9.87. The predicted molar refractivity (Wildman–Crippen MR) is 605 cm³/mol. The van der Waals surface area contributed by atoms with E-state index < -0.39 is 0 Å². The number of benzene rings is 19. The van der Waals surface area contributed by atoms with Crippen LogP contribution in [0, 0.1) is 20.8 Å². The van der Waals surface area contributed by atoms with Crippen LogP contribution in [0.5, 0.6) is 0 Å². The van der Waals surface area contributed by atoms with Crippen LogP contribution < -0.4 is 0 Å². The Morgan fingerprint density at radius 1 is 0.144 bits per heavy atom. The summed E-state index contributed by atoms with van der Waals surface area (Å²) >= 11 is 19.9. The minimum absolute atomic E-state index is 0.0146. The molecule has 694 valence electrons. The number of hydrogen-bond donors (Lipinski definition) is 0. The van der Waals surface area contributed by atoms with Gasteiger partial charge in [0.2, 0.25) is 0 Å². The third-order valence-corrected chi connectivity index (χ3v) is 37.8. The molecule has 0 fully saturated rings. The summed E-state index contributed by atoms with van der Waals surface area (Å²) in [6.45, 7) is 26.9. The molecule has 0 aliphatic carbocycles. The van der Waals surface area contributed by atoms with E-state index in [0.29, 0.717) is 0 Å². The highest BCUT2D eigenvalue weighted by molar-refractivity contribution is 7.99. The molecule has 0 spiro atoms. The molecule has 0 radical (unpaired) electrons.